The predicted molar refractivity (Wildman–Crippen MR) is 121 cm³/mol. The molecule has 0 spiro atoms. The third kappa shape index (κ3) is 4.04. The summed E-state index contributed by atoms with van der Waals surface area (Å²) in [6, 6.07) is 5.12. The highest BCUT2D eigenvalue weighted by atomic mass is 79.9. The largest absolute Gasteiger partial charge is 0.456 e. The zero-order valence-electron chi connectivity index (χ0n) is 16.6. The number of rotatable bonds is 6. The Morgan fingerprint density at radius 2 is 1.77 bits per heavy atom. The van der Waals surface area contributed by atoms with E-state index in [0.29, 0.717) is 16.3 Å². The normalized spacial score (nSPS) is 31.2. The van der Waals surface area contributed by atoms with Crippen molar-refractivity contribution in [2.75, 3.05) is 18.5 Å². The standard InChI is InChI=1S/C21H21Br2ClN2O5/c1-9-12(24)3-2-4-13(9)25-14(27)8-31-15(28)5-6-26-20(29)16-10-7-11(17(16)21(26)30)19(23)18(10)22/h2-4,10-11,16-19H,5-8H2,1H3,(H,25,27)/t10-,11-,16-,17-,18-,19+/m1/s1. The number of amides is 3. The molecule has 166 valence electrons. The number of hydrogen-bond donors (Lipinski definition) is 1. The number of alkyl halides is 2. The molecule has 3 fully saturated rings. The van der Waals surface area contributed by atoms with Gasteiger partial charge in [0.1, 0.15) is 0 Å². The van der Waals surface area contributed by atoms with Crippen molar-refractivity contribution in [3.05, 3.63) is 28.8 Å². The first-order valence-corrected chi connectivity index (χ1v) is 12.3. The molecule has 2 aliphatic carbocycles. The van der Waals surface area contributed by atoms with E-state index in [2.05, 4.69) is 37.2 Å². The number of halogens is 3. The van der Waals surface area contributed by atoms with Crippen LogP contribution in [0, 0.1) is 30.6 Å². The van der Waals surface area contributed by atoms with Crippen LogP contribution in [0.3, 0.4) is 0 Å². The molecule has 1 aliphatic heterocycles. The molecule has 0 aromatic heterocycles. The monoisotopic (exact) mass is 574 g/mol. The highest BCUT2D eigenvalue weighted by Crippen LogP contribution is 2.60. The van der Waals surface area contributed by atoms with Gasteiger partial charge in [-0.1, -0.05) is 49.5 Å². The van der Waals surface area contributed by atoms with Crippen molar-refractivity contribution in [1.29, 1.82) is 0 Å². The number of imide groups is 1. The number of hydrogen-bond acceptors (Lipinski definition) is 5. The Morgan fingerprint density at radius 3 is 2.39 bits per heavy atom. The fraction of sp³-hybridized carbons (Fsp3) is 0.524. The Labute approximate surface area is 201 Å². The van der Waals surface area contributed by atoms with Crippen LogP contribution in [0.1, 0.15) is 18.4 Å². The van der Waals surface area contributed by atoms with Crippen molar-refractivity contribution >= 4 is 72.8 Å². The van der Waals surface area contributed by atoms with Crippen LogP contribution in [0.4, 0.5) is 5.69 Å². The molecule has 10 heteroatoms. The highest BCUT2D eigenvalue weighted by Gasteiger charge is 2.66. The topological polar surface area (TPSA) is 92.8 Å². The van der Waals surface area contributed by atoms with Gasteiger partial charge in [-0.15, -0.1) is 0 Å². The lowest BCUT2D eigenvalue weighted by molar-refractivity contribution is -0.149. The van der Waals surface area contributed by atoms with Gasteiger partial charge in [0.25, 0.3) is 5.91 Å². The van der Waals surface area contributed by atoms with Gasteiger partial charge in [-0.25, -0.2) is 0 Å². The fourth-order valence-electron chi connectivity index (χ4n) is 4.98. The van der Waals surface area contributed by atoms with E-state index < -0.39 is 18.5 Å². The summed E-state index contributed by atoms with van der Waals surface area (Å²) in [5.41, 5.74) is 1.25. The molecule has 1 saturated heterocycles. The number of nitrogens with one attached hydrogen (secondary N) is 1. The number of nitrogens with zero attached hydrogens (tertiary/aromatic N) is 1. The summed E-state index contributed by atoms with van der Waals surface area (Å²) in [5, 5.41) is 3.16. The smallest absolute Gasteiger partial charge is 0.308 e. The van der Waals surface area contributed by atoms with Crippen LogP contribution in [0.5, 0.6) is 0 Å². The van der Waals surface area contributed by atoms with E-state index in [1.807, 2.05) is 0 Å². The Hall–Kier alpha value is -1.45. The minimum absolute atomic E-state index is 0.0299. The minimum Gasteiger partial charge on any atom is -0.456 e. The molecule has 1 N–H and O–H groups in total. The Bertz CT molecular complexity index is 926. The number of anilines is 1. The quantitative estimate of drug-likeness (QED) is 0.319. The van der Waals surface area contributed by atoms with Gasteiger partial charge in [0.15, 0.2) is 6.61 Å². The van der Waals surface area contributed by atoms with E-state index in [4.69, 9.17) is 16.3 Å². The first-order chi connectivity index (χ1) is 14.7. The van der Waals surface area contributed by atoms with E-state index in [-0.39, 0.29) is 58.1 Å². The van der Waals surface area contributed by atoms with Gasteiger partial charge in [-0.3, -0.25) is 24.1 Å². The van der Waals surface area contributed by atoms with Crippen LogP contribution in [-0.2, 0) is 23.9 Å². The van der Waals surface area contributed by atoms with E-state index in [1.54, 1.807) is 25.1 Å². The van der Waals surface area contributed by atoms with E-state index in [9.17, 15) is 19.2 Å². The lowest BCUT2D eigenvalue weighted by Gasteiger charge is -2.28. The van der Waals surface area contributed by atoms with Gasteiger partial charge in [0, 0.05) is 26.9 Å². The Morgan fingerprint density at radius 1 is 1.16 bits per heavy atom. The van der Waals surface area contributed by atoms with Crippen LogP contribution in [0.2, 0.25) is 5.02 Å². The van der Waals surface area contributed by atoms with E-state index in [1.165, 1.54) is 4.90 Å². The highest BCUT2D eigenvalue weighted by molar-refractivity contribution is 9.12. The number of ether oxygens (including phenoxy) is 1. The summed E-state index contributed by atoms with van der Waals surface area (Å²) >= 11 is 13.3. The molecule has 0 unspecified atom stereocenters. The molecule has 4 rings (SSSR count). The molecule has 2 bridgehead atoms. The second-order valence-corrected chi connectivity index (χ2v) is 10.7. The summed E-state index contributed by atoms with van der Waals surface area (Å²) < 4.78 is 5.01. The minimum atomic E-state index is -0.643. The van der Waals surface area contributed by atoms with Gasteiger partial charge < -0.3 is 10.1 Å². The van der Waals surface area contributed by atoms with Crippen LogP contribution in [-0.4, -0.2) is 51.4 Å². The molecular weight excluding hydrogens is 556 g/mol. The van der Waals surface area contributed by atoms with Gasteiger partial charge in [-0.2, -0.15) is 0 Å². The first-order valence-electron chi connectivity index (χ1n) is 10.0. The fourth-order valence-corrected chi connectivity index (χ4v) is 7.03. The van der Waals surface area contributed by atoms with Crippen LogP contribution < -0.4 is 5.32 Å². The van der Waals surface area contributed by atoms with Crippen LogP contribution >= 0.6 is 43.5 Å². The third-order valence-corrected chi connectivity index (χ3v) is 10.1. The van der Waals surface area contributed by atoms with Crippen molar-refractivity contribution in [2.45, 2.75) is 29.4 Å². The van der Waals surface area contributed by atoms with E-state index in [0.717, 1.165) is 6.42 Å². The molecule has 3 amide bonds. The average Bonchev–Trinajstić information content (AvgIpc) is 3.33. The van der Waals surface area contributed by atoms with Crippen molar-refractivity contribution in [2.24, 2.45) is 23.7 Å². The lowest BCUT2D eigenvalue weighted by atomic mass is 9.81. The molecule has 1 aromatic rings. The summed E-state index contributed by atoms with van der Waals surface area (Å²) in [6.07, 6.45) is 0.709. The summed E-state index contributed by atoms with van der Waals surface area (Å²) in [4.78, 5) is 51.3. The van der Waals surface area contributed by atoms with Crippen LogP contribution in [0.25, 0.3) is 0 Å². The van der Waals surface area contributed by atoms with E-state index >= 15 is 0 Å². The third-order valence-electron chi connectivity index (χ3n) is 6.52. The van der Waals surface area contributed by atoms with Gasteiger partial charge in [0.2, 0.25) is 11.8 Å². The summed E-state index contributed by atoms with van der Waals surface area (Å²) in [5.74, 6) is -1.89. The number of carbonyl (C=O) groups is 4. The molecule has 31 heavy (non-hydrogen) atoms. The van der Waals surface area contributed by atoms with Crippen molar-refractivity contribution in [3.63, 3.8) is 0 Å². The number of benzene rings is 1. The molecule has 1 heterocycles. The molecule has 0 radical (unpaired) electrons. The van der Waals surface area contributed by atoms with Gasteiger partial charge in [-0.05, 0) is 42.9 Å². The molecule has 6 atom stereocenters. The molecule has 1 aromatic carbocycles. The summed E-state index contributed by atoms with van der Waals surface area (Å²) in [7, 11) is 0. The maximum atomic E-state index is 12.8. The zero-order valence-corrected chi connectivity index (χ0v) is 20.6. The second kappa shape index (κ2) is 8.83. The first kappa shape index (κ1) is 22.7. The number of fused-ring (bicyclic) bond motifs is 5. The van der Waals surface area contributed by atoms with Gasteiger partial charge >= 0.3 is 5.97 Å². The molecule has 3 aliphatic rings. The maximum absolute atomic E-state index is 12.8. The number of carbonyl (C=O) groups excluding carboxylic acids is 4. The Kier molecular flexibility index (Phi) is 6.47. The average molecular weight is 577 g/mol. The molecular formula is C21H21Br2ClN2O5. The number of likely N-dealkylation sites (tertiary alicyclic amines) is 1. The van der Waals surface area contributed by atoms with Crippen molar-refractivity contribution in [3.8, 4) is 0 Å². The maximum Gasteiger partial charge on any atom is 0.308 e. The zero-order chi connectivity index (χ0) is 22.4. The lowest BCUT2D eigenvalue weighted by Crippen LogP contribution is -2.37. The Balaban J connectivity index is 1.27. The SMILES string of the molecule is Cc1c(Cl)cccc1NC(=O)COC(=O)CCN1C(=O)[C@@H]2[C@H]3C[C@@H]([C@@H](Br)[C@H]3Br)[C@H]2C1=O. The second-order valence-electron chi connectivity index (χ2n) is 8.20. The number of esters is 1. The molecule has 2 saturated carbocycles. The van der Waals surface area contributed by atoms with Crippen molar-refractivity contribution < 1.29 is 23.9 Å². The van der Waals surface area contributed by atoms with Crippen LogP contribution in [0.15, 0.2) is 18.2 Å². The molecule has 7 nitrogen and oxygen atoms in total. The van der Waals surface area contributed by atoms with Crippen molar-refractivity contribution in [1.82, 2.24) is 4.90 Å². The summed E-state index contributed by atoms with van der Waals surface area (Å²) in [6.45, 7) is 1.28. The predicted octanol–water partition coefficient (Wildman–Crippen LogP) is 3.30. The van der Waals surface area contributed by atoms with Gasteiger partial charge in [0.05, 0.1) is 18.3 Å².